The molecule has 1 heterocycles. The third-order valence-corrected chi connectivity index (χ3v) is 6.66. The number of hydrogen-bond donors (Lipinski definition) is 0. The largest absolute Gasteiger partial charge is 0.417 e. The Hall–Kier alpha value is -4.26. The second-order valence-corrected chi connectivity index (χ2v) is 8.80. The average Bonchev–Trinajstić information content (AvgIpc) is 3.21. The number of nitrogens with zero attached hydrogens (tertiary/aromatic N) is 1. The summed E-state index contributed by atoms with van der Waals surface area (Å²) in [6, 6.07) is 27.8. The van der Waals surface area contributed by atoms with E-state index in [1.807, 2.05) is 60.7 Å². The van der Waals surface area contributed by atoms with Gasteiger partial charge in [-0.1, -0.05) is 72.8 Å². The Morgan fingerprint density at radius 1 is 0.459 bits per heavy atom. The number of para-hydroxylation sites is 2. The van der Waals surface area contributed by atoms with E-state index in [0.29, 0.717) is 16.8 Å². The summed E-state index contributed by atoms with van der Waals surface area (Å²) in [6.07, 6.45) is -9.86. The van der Waals surface area contributed by atoms with E-state index in [4.69, 9.17) is 0 Å². The second kappa shape index (κ2) is 8.13. The van der Waals surface area contributed by atoms with Crippen LogP contribution in [0.15, 0.2) is 103 Å². The van der Waals surface area contributed by atoms with Crippen LogP contribution in [0.4, 0.5) is 26.3 Å². The Labute approximate surface area is 207 Å². The Morgan fingerprint density at radius 2 is 1.03 bits per heavy atom. The Bertz CT molecular complexity index is 1750. The zero-order chi connectivity index (χ0) is 25.9. The maximum absolute atomic E-state index is 14.0. The van der Waals surface area contributed by atoms with Crippen molar-refractivity contribution in [2.75, 3.05) is 0 Å². The number of benzene rings is 5. The molecule has 0 aliphatic carbocycles. The van der Waals surface area contributed by atoms with Crippen LogP contribution >= 0.6 is 0 Å². The topological polar surface area (TPSA) is 4.93 Å². The summed E-state index contributed by atoms with van der Waals surface area (Å²) in [7, 11) is 0. The summed E-state index contributed by atoms with van der Waals surface area (Å²) in [6.45, 7) is 0. The Balaban J connectivity index is 1.66. The SMILES string of the molecule is FC(F)(F)c1ccc(-c2cccc3c(-n4c5ccccc5c5ccccc54)cccc23)c(C(F)(F)F)c1. The third-order valence-electron chi connectivity index (χ3n) is 6.66. The number of fused-ring (bicyclic) bond motifs is 4. The standard InChI is InChI=1S/C30H17F6N/c31-29(32,33)18-15-16-21(25(17-18)30(34,35)36)19-9-5-11-22-20(19)10-6-14-28(22)37-26-12-3-1-7-23(26)24-8-2-4-13-27(24)37/h1-17H. The summed E-state index contributed by atoms with van der Waals surface area (Å²) in [5.41, 5.74) is -0.116. The number of alkyl halides is 6. The molecule has 0 unspecified atom stereocenters. The van der Waals surface area contributed by atoms with Crippen LogP contribution in [0.1, 0.15) is 11.1 Å². The van der Waals surface area contributed by atoms with Crippen molar-refractivity contribution in [3.05, 3.63) is 114 Å². The molecule has 6 rings (SSSR count). The van der Waals surface area contributed by atoms with Gasteiger partial charge < -0.3 is 4.57 Å². The van der Waals surface area contributed by atoms with E-state index in [1.165, 1.54) is 6.07 Å². The first-order valence-electron chi connectivity index (χ1n) is 11.4. The van der Waals surface area contributed by atoms with Gasteiger partial charge in [0.2, 0.25) is 0 Å². The quantitative estimate of drug-likeness (QED) is 0.207. The fraction of sp³-hybridized carbons (Fsp3) is 0.0667. The van der Waals surface area contributed by atoms with Crippen molar-refractivity contribution >= 4 is 32.6 Å². The van der Waals surface area contributed by atoms with E-state index < -0.39 is 23.5 Å². The van der Waals surface area contributed by atoms with Crippen LogP contribution in [0.5, 0.6) is 0 Å². The Kier molecular flexibility index (Phi) is 5.09. The maximum Gasteiger partial charge on any atom is 0.417 e. The number of aromatic nitrogens is 1. The number of halogens is 6. The molecule has 0 amide bonds. The van der Waals surface area contributed by atoms with Crippen LogP contribution in [-0.4, -0.2) is 4.57 Å². The summed E-state index contributed by atoms with van der Waals surface area (Å²) in [4.78, 5) is 0. The molecule has 0 radical (unpaired) electrons. The van der Waals surface area contributed by atoms with E-state index in [2.05, 4.69) is 4.57 Å². The van der Waals surface area contributed by atoms with Crippen molar-refractivity contribution < 1.29 is 26.3 Å². The molecule has 0 N–H and O–H groups in total. The molecule has 0 aliphatic rings. The van der Waals surface area contributed by atoms with Gasteiger partial charge in [0.25, 0.3) is 0 Å². The molecular weight excluding hydrogens is 488 g/mol. The van der Waals surface area contributed by atoms with Gasteiger partial charge in [-0.25, -0.2) is 0 Å². The highest BCUT2D eigenvalue weighted by Crippen LogP contribution is 2.43. The van der Waals surface area contributed by atoms with Crippen molar-refractivity contribution in [1.82, 2.24) is 4.57 Å². The Morgan fingerprint density at radius 3 is 1.65 bits per heavy atom. The molecule has 1 nitrogen and oxygen atoms in total. The van der Waals surface area contributed by atoms with Crippen LogP contribution in [0.2, 0.25) is 0 Å². The van der Waals surface area contributed by atoms with Gasteiger partial charge in [-0.2, -0.15) is 26.3 Å². The van der Waals surface area contributed by atoms with Crippen LogP contribution < -0.4 is 0 Å². The molecular formula is C30H17F6N. The van der Waals surface area contributed by atoms with Gasteiger partial charge in [-0.05, 0) is 46.8 Å². The third kappa shape index (κ3) is 3.73. The normalized spacial score (nSPS) is 12.6. The first-order valence-corrected chi connectivity index (χ1v) is 11.4. The van der Waals surface area contributed by atoms with Crippen molar-refractivity contribution in [3.8, 4) is 16.8 Å². The molecule has 0 saturated heterocycles. The van der Waals surface area contributed by atoms with Crippen molar-refractivity contribution in [3.63, 3.8) is 0 Å². The molecule has 0 aliphatic heterocycles. The molecule has 7 heteroatoms. The molecule has 0 fully saturated rings. The van der Waals surface area contributed by atoms with Gasteiger partial charge in [0.1, 0.15) is 0 Å². The van der Waals surface area contributed by atoms with Crippen molar-refractivity contribution in [2.45, 2.75) is 12.4 Å². The minimum absolute atomic E-state index is 0.185. The zero-order valence-corrected chi connectivity index (χ0v) is 19.0. The van der Waals surface area contributed by atoms with Crippen LogP contribution in [0.3, 0.4) is 0 Å². The highest BCUT2D eigenvalue weighted by Gasteiger charge is 2.38. The molecule has 0 atom stereocenters. The lowest BCUT2D eigenvalue weighted by Crippen LogP contribution is -2.12. The fourth-order valence-electron chi connectivity index (χ4n) is 5.10. The van der Waals surface area contributed by atoms with E-state index >= 15 is 0 Å². The molecule has 0 bridgehead atoms. The smallest absolute Gasteiger partial charge is 0.309 e. The number of rotatable bonds is 2. The van der Waals surface area contributed by atoms with Gasteiger partial charge in [0.15, 0.2) is 0 Å². The summed E-state index contributed by atoms with van der Waals surface area (Å²) in [5, 5.41) is 3.26. The molecule has 0 saturated carbocycles. The van der Waals surface area contributed by atoms with Gasteiger partial charge >= 0.3 is 12.4 Å². The minimum atomic E-state index is -4.97. The summed E-state index contributed by atoms with van der Waals surface area (Å²) >= 11 is 0. The van der Waals surface area contributed by atoms with Gasteiger partial charge in [0, 0.05) is 16.2 Å². The summed E-state index contributed by atoms with van der Waals surface area (Å²) < 4.78 is 83.7. The van der Waals surface area contributed by atoms with Crippen LogP contribution in [0, 0.1) is 0 Å². The van der Waals surface area contributed by atoms with E-state index in [-0.39, 0.29) is 17.2 Å². The summed E-state index contributed by atoms with van der Waals surface area (Å²) in [5.74, 6) is 0. The predicted octanol–water partition coefficient (Wildman–Crippen LogP) is 9.64. The highest BCUT2D eigenvalue weighted by atomic mass is 19.4. The first-order chi connectivity index (χ1) is 17.6. The van der Waals surface area contributed by atoms with Crippen molar-refractivity contribution in [1.29, 1.82) is 0 Å². The van der Waals surface area contributed by atoms with E-state index in [1.54, 1.807) is 18.2 Å². The zero-order valence-electron chi connectivity index (χ0n) is 19.0. The van der Waals surface area contributed by atoms with Gasteiger partial charge in [0.05, 0.1) is 27.8 Å². The average molecular weight is 505 g/mol. The molecule has 184 valence electrons. The van der Waals surface area contributed by atoms with Gasteiger partial charge in [-0.15, -0.1) is 0 Å². The molecule has 6 aromatic rings. The molecule has 37 heavy (non-hydrogen) atoms. The molecule has 0 spiro atoms. The van der Waals surface area contributed by atoms with Crippen molar-refractivity contribution in [2.24, 2.45) is 0 Å². The fourth-order valence-corrected chi connectivity index (χ4v) is 5.10. The lowest BCUT2D eigenvalue weighted by molar-refractivity contribution is -0.142. The minimum Gasteiger partial charge on any atom is -0.309 e. The lowest BCUT2D eigenvalue weighted by atomic mass is 9.92. The molecule has 5 aromatic carbocycles. The van der Waals surface area contributed by atoms with Crippen LogP contribution in [0.25, 0.3) is 49.4 Å². The van der Waals surface area contributed by atoms with E-state index in [0.717, 1.165) is 33.6 Å². The molecule has 1 aromatic heterocycles. The van der Waals surface area contributed by atoms with E-state index in [9.17, 15) is 26.3 Å². The predicted molar refractivity (Wildman–Crippen MR) is 134 cm³/mol. The van der Waals surface area contributed by atoms with Crippen LogP contribution in [-0.2, 0) is 12.4 Å². The highest BCUT2D eigenvalue weighted by molar-refractivity contribution is 6.11. The maximum atomic E-state index is 14.0. The lowest BCUT2D eigenvalue weighted by Gasteiger charge is -2.18. The number of hydrogen-bond acceptors (Lipinski definition) is 0. The second-order valence-electron chi connectivity index (χ2n) is 8.80. The van der Waals surface area contributed by atoms with Gasteiger partial charge in [-0.3, -0.25) is 0 Å². The first kappa shape index (κ1) is 23.2. The monoisotopic (exact) mass is 505 g/mol.